The summed E-state index contributed by atoms with van der Waals surface area (Å²) >= 11 is 0. The number of hydrogen-bond donors (Lipinski definition) is 1. The maximum Gasteiger partial charge on any atom is 0.161 e. The van der Waals surface area contributed by atoms with Crippen LogP contribution in [0.5, 0.6) is 11.5 Å². The quantitative estimate of drug-likeness (QED) is 0.841. The van der Waals surface area contributed by atoms with E-state index >= 15 is 0 Å². The molecule has 0 amide bonds. The third-order valence-corrected chi connectivity index (χ3v) is 2.16. The van der Waals surface area contributed by atoms with Crippen LogP contribution in [-0.2, 0) is 6.42 Å². The normalized spacial score (nSPS) is 15.3. The van der Waals surface area contributed by atoms with Gasteiger partial charge < -0.3 is 15.2 Å². The molecule has 1 aliphatic rings. The van der Waals surface area contributed by atoms with Crippen LogP contribution < -0.4 is 15.2 Å². The summed E-state index contributed by atoms with van der Waals surface area (Å²) in [7, 11) is 0. The molecule has 0 bridgehead atoms. The SMILES string of the molecule is CC(N)Cc1ccc2c(c1)OCCO2.Cl. The minimum absolute atomic E-state index is 0. The summed E-state index contributed by atoms with van der Waals surface area (Å²) in [5.41, 5.74) is 6.93. The van der Waals surface area contributed by atoms with Gasteiger partial charge in [-0.15, -0.1) is 12.4 Å². The highest BCUT2D eigenvalue weighted by atomic mass is 35.5. The zero-order chi connectivity index (χ0) is 9.97. The monoisotopic (exact) mass is 229 g/mol. The molecule has 0 aliphatic carbocycles. The van der Waals surface area contributed by atoms with Crippen LogP contribution in [0.3, 0.4) is 0 Å². The predicted octanol–water partition coefficient (Wildman–Crippen LogP) is 1.77. The molecule has 15 heavy (non-hydrogen) atoms. The molecule has 4 heteroatoms. The molecule has 1 aromatic rings. The van der Waals surface area contributed by atoms with E-state index < -0.39 is 0 Å². The maximum absolute atomic E-state index is 5.73. The van der Waals surface area contributed by atoms with Crippen molar-refractivity contribution in [3.63, 3.8) is 0 Å². The molecule has 0 saturated heterocycles. The van der Waals surface area contributed by atoms with Crippen molar-refractivity contribution in [2.75, 3.05) is 13.2 Å². The summed E-state index contributed by atoms with van der Waals surface area (Å²) in [5, 5.41) is 0. The Morgan fingerprint density at radius 1 is 1.27 bits per heavy atom. The Morgan fingerprint density at radius 3 is 2.60 bits per heavy atom. The standard InChI is InChI=1S/C11H15NO2.ClH/c1-8(12)6-9-2-3-10-11(7-9)14-5-4-13-10;/h2-3,7-8H,4-6,12H2,1H3;1H. The molecule has 2 N–H and O–H groups in total. The fraction of sp³-hybridized carbons (Fsp3) is 0.455. The topological polar surface area (TPSA) is 44.5 Å². The van der Waals surface area contributed by atoms with Crippen molar-refractivity contribution in [2.45, 2.75) is 19.4 Å². The molecular weight excluding hydrogens is 214 g/mol. The Bertz CT molecular complexity index is 328. The minimum atomic E-state index is 0. The van der Waals surface area contributed by atoms with Gasteiger partial charge in [0.05, 0.1) is 0 Å². The Hall–Kier alpha value is -0.930. The van der Waals surface area contributed by atoms with Crippen LogP contribution in [0.4, 0.5) is 0 Å². The largest absolute Gasteiger partial charge is 0.486 e. The number of fused-ring (bicyclic) bond motifs is 1. The molecule has 0 radical (unpaired) electrons. The summed E-state index contributed by atoms with van der Waals surface area (Å²) in [5.74, 6) is 1.68. The summed E-state index contributed by atoms with van der Waals surface area (Å²) in [6, 6.07) is 6.18. The fourth-order valence-corrected chi connectivity index (χ4v) is 1.59. The zero-order valence-electron chi connectivity index (χ0n) is 8.73. The van der Waals surface area contributed by atoms with Crippen LogP contribution in [0.25, 0.3) is 0 Å². The minimum Gasteiger partial charge on any atom is -0.486 e. The number of hydrogen-bond acceptors (Lipinski definition) is 3. The highest BCUT2D eigenvalue weighted by molar-refractivity contribution is 5.85. The van der Waals surface area contributed by atoms with Gasteiger partial charge in [0.25, 0.3) is 0 Å². The molecular formula is C11H16ClNO2. The molecule has 0 fully saturated rings. The number of benzene rings is 1. The second-order valence-electron chi connectivity index (χ2n) is 3.66. The van der Waals surface area contributed by atoms with Gasteiger partial charge in [-0.05, 0) is 31.0 Å². The Morgan fingerprint density at radius 2 is 1.93 bits per heavy atom. The summed E-state index contributed by atoms with van der Waals surface area (Å²) in [4.78, 5) is 0. The number of nitrogens with two attached hydrogens (primary N) is 1. The van der Waals surface area contributed by atoms with E-state index in [0.29, 0.717) is 13.2 Å². The number of ether oxygens (including phenoxy) is 2. The summed E-state index contributed by atoms with van der Waals surface area (Å²) in [6.07, 6.45) is 0.872. The number of rotatable bonds is 2. The molecule has 1 atom stereocenters. The third kappa shape index (κ3) is 3.01. The van der Waals surface area contributed by atoms with Crippen LogP contribution in [0.1, 0.15) is 12.5 Å². The molecule has 0 spiro atoms. The van der Waals surface area contributed by atoms with Gasteiger partial charge in [-0.1, -0.05) is 6.07 Å². The molecule has 1 aliphatic heterocycles. The van der Waals surface area contributed by atoms with Crippen LogP contribution in [-0.4, -0.2) is 19.3 Å². The van der Waals surface area contributed by atoms with Crippen molar-refractivity contribution in [2.24, 2.45) is 5.73 Å². The molecule has 2 rings (SSSR count). The van der Waals surface area contributed by atoms with Crippen molar-refractivity contribution in [1.82, 2.24) is 0 Å². The van der Waals surface area contributed by atoms with E-state index in [2.05, 4.69) is 0 Å². The van der Waals surface area contributed by atoms with Crippen molar-refractivity contribution < 1.29 is 9.47 Å². The third-order valence-electron chi connectivity index (χ3n) is 2.16. The van der Waals surface area contributed by atoms with E-state index in [0.717, 1.165) is 17.9 Å². The predicted molar refractivity (Wildman–Crippen MR) is 62.0 cm³/mol. The van der Waals surface area contributed by atoms with Gasteiger partial charge in [0.15, 0.2) is 11.5 Å². The van der Waals surface area contributed by atoms with Gasteiger partial charge in [0, 0.05) is 6.04 Å². The zero-order valence-corrected chi connectivity index (χ0v) is 9.55. The van der Waals surface area contributed by atoms with Gasteiger partial charge >= 0.3 is 0 Å². The average molecular weight is 230 g/mol. The Kier molecular flexibility index (Phi) is 4.24. The van der Waals surface area contributed by atoms with Gasteiger partial charge in [0.2, 0.25) is 0 Å². The van der Waals surface area contributed by atoms with Crippen molar-refractivity contribution in [3.8, 4) is 11.5 Å². The van der Waals surface area contributed by atoms with Gasteiger partial charge in [-0.25, -0.2) is 0 Å². The molecule has 0 aromatic heterocycles. The van der Waals surface area contributed by atoms with E-state index in [9.17, 15) is 0 Å². The lowest BCUT2D eigenvalue weighted by molar-refractivity contribution is 0.171. The van der Waals surface area contributed by atoms with E-state index in [-0.39, 0.29) is 18.4 Å². The summed E-state index contributed by atoms with van der Waals surface area (Å²) in [6.45, 7) is 3.27. The second-order valence-corrected chi connectivity index (χ2v) is 3.66. The van der Waals surface area contributed by atoms with E-state index in [1.54, 1.807) is 0 Å². The highest BCUT2D eigenvalue weighted by Gasteiger charge is 2.11. The lowest BCUT2D eigenvalue weighted by atomic mass is 10.1. The second kappa shape index (κ2) is 5.24. The fourth-order valence-electron chi connectivity index (χ4n) is 1.59. The summed E-state index contributed by atoms with van der Waals surface area (Å²) < 4.78 is 10.9. The van der Waals surface area contributed by atoms with Crippen LogP contribution in [0, 0.1) is 0 Å². The van der Waals surface area contributed by atoms with Gasteiger partial charge in [0.1, 0.15) is 13.2 Å². The van der Waals surface area contributed by atoms with Crippen LogP contribution in [0.15, 0.2) is 18.2 Å². The van der Waals surface area contributed by atoms with Crippen molar-refractivity contribution in [3.05, 3.63) is 23.8 Å². The van der Waals surface area contributed by atoms with E-state index in [1.165, 1.54) is 5.56 Å². The van der Waals surface area contributed by atoms with Crippen molar-refractivity contribution in [1.29, 1.82) is 0 Å². The molecule has 1 heterocycles. The molecule has 84 valence electrons. The molecule has 1 aromatic carbocycles. The molecule has 1 unspecified atom stereocenters. The number of halogens is 1. The van der Waals surface area contributed by atoms with Crippen molar-refractivity contribution >= 4 is 12.4 Å². The van der Waals surface area contributed by atoms with Crippen LogP contribution in [0.2, 0.25) is 0 Å². The Balaban J connectivity index is 0.00000112. The van der Waals surface area contributed by atoms with E-state index in [1.807, 2.05) is 25.1 Å². The molecule has 0 saturated carbocycles. The Labute approximate surface area is 96.0 Å². The van der Waals surface area contributed by atoms with Gasteiger partial charge in [-0.2, -0.15) is 0 Å². The van der Waals surface area contributed by atoms with Gasteiger partial charge in [-0.3, -0.25) is 0 Å². The first-order valence-corrected chi connectivity index (χ1v) is 4.90. The maximum atomic E-state index is 5.73. The molecule has 3 nitrogen and oxygen atoms in total. The van der Waals surface area contributed by atoms with E-state index in [4.69, 9.17) is 15.2 Å². The lowest BCUT2D eigenvalue weighted by Gasteiger charge is -2.19. The highest BCUT2D eigenvalue weighted by Crippen LogP contribution is 2.30. The first-order valence-electron chi connectivity index (χ1n) is 4.90. The first kappa shape index (κ1) is 12.1. The lowest BCUT2D eigenvalue weighted by Crippen LogP contribution is -2.19. The first-order chi connectivity index (χ1) is 6.75. The van der Waals surface area contributed by atoms with Crippen LogP contribution >= 0.6 is 12.4 Å². The average Bonchev–Trinajstić information content (AvgIpc) is 2.17. The smallest absolute Gasteiger partial charge is 0.161 e.